The third-order valence-electron chi connectivity index (χ3n) is 2.37. The molecular formula is C12H12FN3O. The van der Waals surface area contributed by atoms with E-state index in [1.54, 1.807) is 32.6 Å². The van der Waals surface area contributed by atoms with Gasteiger partial charge in [0.1, 0.15) is 5.82 Å². The van der Waals surface area contributed by atoms with Crippen molar-refractivity contribution in [2.24, 2.45) is 0 Å². The zero-order valence-electron chi connectivity index (χ0n) is 9.57. The van der Waals surface area contributed by atoms with Gasteiger partial charge in [-0.3, -0.25) is 4.98 Å². The lowest BCUT2D eigenvalue weighted by Gasteiger charge is -2.13. The minimum absolute atomic E-state index is 0.297. The third kappa shape index (κ3) is 2.33. The lowest BCUT2D eigenvalue weighted by molar-refractivity contribution is 0.231. The van der Waals surface area contributed by atoms with Crippen molar-refractivity contribution in [3.8, 4) is 0 Å². The van der Waals surface area contributed by atoms with E-state index in [1.807, 2.05) is 0 Å². The van der Waals surface area contributed by atoms with Crippen molar-refractivity contribution in [1.29, 1.82) is 0 Å². The SMILES string of the molecule is CN(C)C(=O)Nc1cc(F)cc2cnccc12. The molecule has 17 heavy (non-hydrogen) atoms. The lowest BCUT2D eigenvalue weighted by Crippen LogP contribution is -2.27. The molecule has 0 bridgehead atoms. The molecule has 2 aromatic rings. The number of carbonyl (C=O) groups excluding carboxylic acids is 1. The molecule has 0 fully saturated rings. The third-order valence-corrected chi connectivity index (χ3v) is 2.37. The van der Waals surface area contributed by atoms with Crippen LogP contribution < -0.4 is 5.32 Å². The van der Waals surface area contributed by atoms with E-state index in [0.717, 1.165) is 5.39 Å². The van der Waals surface area contributed by atoms with Gasteiger partial charge < -0.3 is 10.2 Å². The van der Waals surface area contributed by atoms with Gasteiger partial charge in [0.2, 0.25) is 0 Å². The van der Waals surface area contributed by atoms with Crippen LogP contribution in [0.1, 0.15) is 0 Å². The molecule has 1 N–H and O–H groups in total. The number of benzene rings is 1. The van der Waals surface area contributed by atoms with Gasteiger partial charge in [0.15, 0.2) is 0 Å². The Hall–Kier alpha value is -2.17. The van der Waals surface area contributed by atoms with Crippen molar-refractivity contribution in [1.82, 2.24) is 9.88 Å². The zero-order valence-corrected chi connectivity index (χ0v) is 9.57. The van der Waals surface area contributed by atoms with Crippen molar-refractivity contribution in [3.63, 3.8) is 0 Å². The van der Waals surface area contributed by atoms with Crippen LogP contribution in [-0.2, 0) is 0 Å². The highest BCUT2D eigenvalue weighted by atomic mass is 19.1. The number of hydrogen-bond donors (Lipinski definition) is 1. The minimum atomic E-state index is -0.403. The Balaban J connectivity index is 2.49. The van der Waals surface area contributed by atoms with Crippen molar-refractivity contribution in [2.75, 3.05) is 19.4 Å². The maximum Gasteiger partial charge on any atom is 0.321 e. The summed E-state index contributed by atoms with van der Waals surface area (Å²) >= 11 is 0. The first-order valence-electron chi connectivity index (χ1n) is 5.09. The maximum absolute atomic E-state index is 13.4. The van der Waals surface area contributed by atoms with Gasteiger partial charge in [0.05, 0.1) is 5.69 Å². The van der Waals surface area contributed by atoms with Crippen LogP contribution in [0.25, 0.3) is 10.8 Å². The van der Waals surface area contributed by atoms with Crippen LogP contribution >= 0.6 is 0 Å². The Kier molecular flexibility index (Phi) is 2.91. The molecule has 0 radical (unpaired) electrons. The normalized spacial score (nSPS) is 10.3. The zero-order chi connectivity index (χ0) is 12.4. The number of rotatable bonds is 1. The lowest BCUT2D eigenvalue weighted by atomic mass is 10.1. The number of carbonyl (C=O) groups is 1. The molecule has 0 saturated heterocycles. The number of amides is 2. The molecule has 0 aliphatic carbocycles. The molecule has 1 aromatic heterocycles. The van der Waals surface area contributed by atoms with E-state index in [1.165, 1.54) is 17.0 Å². The van der Waals surface area contributed by atoms with Crippen LogP contribution in [-0.4, -0.2) is 30.0 Å². The van der Waals surface area contributed by atoms with Gasteiger partial charge >= 0.3 is 6.03 Å². The Bertz CT molecular complexity index is 569. The molecular weight excluding hydrogens is 221 g/mol. The van der Waals surface area contributed by atoms with Crippen LogP contribution in [0.15, 0.2) is 30.6 Å². The van der Waals surface area contributed by atoms with Gasteiger partial charge in [-0.1, -0.05) is 0 Å². The number of anilines is 1. The van der Waals surface area contributed by atoms with Crippen molar-refractivity contribution < 1.29 is 9.18 Å². The van der Waals surface area contributed by atoms with E-state index < -0.39 is 5.82 Å². The predicted octanol–water partition coefficient (Wildman–Crippen LogP) is 2.47. The second kappa shape index (κ2) is 4.37. The fourth-order valence-corrected chi connectivity index (χ4v) is 1.50. The summed E-state index contributed by atoms with van der Waals surface area (Å²) in [6, 6.07) is 4.12. The first kappa shape index (κ1) is 11.3. The van der Waals surface area contributed by atoms with Gasteiger partial charge in [-0.25, -0.2) is 9.18 Å². The number of nitrogens with one attached hydrogen (secondary N) is 1. The van der Waals surface area contributed by atoms with Crippen LogP contribution in [0.2, 0.25) is 0 Å². The highest BCUT2D eigenvalue weighted by Gasteiger charge is 2.08. The van der Waals surface area contributed by atoms with Crippen LogP contribution in [0.5, 0.6) is 0 Å². The monoisotopic (exact) mass is 233 g/mol. The standard InChI is InChI=1S/C12H12FN3O/c1-16(2)12(17)15-11-6-9(13)5-8-7-14-4-3-10(8)11/h3-7H,1-2H3,(H,15,17). The van der Waals surface area contributed by atoms with E-state index in [2.05, 4.69) is 10.3 Å². The molecule has 1 aromatic carbocycles. The first-order valence-corrected chi connectivity index (χ1v) is 5.09. The Morgan fingerprint density at radius 2 is 2.18 bits per heavy atom. The van der Waals surface area contributed by atoms with Crippen molar-refractivity contribution in [2.45, 2.75) is 0 Å². The van der Waals surface area contributed by atoms with Crippen molar-refractivity contribution >= 4 is 22.5 Å². The average Bonchev–Trinajstić information content (AvgIpc) is 2.28. The van der Waals surface area contributed by atoms with Crippen LogP contribution in [0, 0.1) is 5.82 Å². The number of urea groups is 1. The van der Waals surface area contributed by atoms with E-state index in [4.69, 9.17) is 0 Å². The van der Waals surface area contributed by atoms with Crippen LogP contribution in [0.3, 0.4) is 0 Å². The molecule has 0 atom stereocenters. The molecule has 88 valence electrons. The van der Waals surface area contributed by atoms with Gasteiger partial charge in [0, 0.05) is 37.3 Å². The largest absolute Gasteiger partial charge is 0.331 e. The maximum atomic E-state index is 13.4. The number of pyridine rings is 1. The van der Waals surface area contributed by atoms with Gasteiger partial charge in [-0.2, -0.15) is 0 Å². The molecule has 0 spiro atoms. The van der Waals surface area contributed by atoms with Crippen LogP contribution in [0.4, 0.5) is 14.9 Å². The van der Waals surface area contributed by atoms with E-state index in [-0.39, 0.29) is 6.03 Å². The second-order valence-corrected chi connectivity index (χ2v) is 3.87. The highest BCUT2D eigenvalue weighted by molar-refractivity contribution is 6.01. The number of halogens is 1. The molecule has 4 nitrogen and oxygen atoms in total. The van der Waals surface area contributed by atoms with Gasteiger partial charge in [-0.05, 0) is 18.2 Å². The molecule has 2 rings (SSSR count). The fourth-order valence-electron chi connectivity index (χ4n) is 1.50. The highest BCUT2D eigenvalue weighted by Crippen LogP contribution is 2.24. The Labute approximate surface area is 98.1 Å². The fraction of sp³-hybridized carbons (Fsp3) is 0.167. The molecule has 0 saturated carbocycles. The summed E-state index contributed by atoms with van der Waals surface area (Å²) in [6.07, 6.45) is 3.16. The molecule has 2 amide bonds. The van der Waals surface area contributed by atoms with Crippen molar-refractivity contribution in [3.05, 3.63) is 36.4 Å². The Morgan fingerprint density at radius 1 is 1.41 bits per heavy atom. The Morgan fingerprint density at radius 3 is 2.88 bits per heavy atom. The van der Waals surface area contributed by atoms with Gasteiger partial charge in [0.25, 0.3) is 0 Å². The predicted molar refractivity (Wildman–Crippen MR) is 64.4 cm³/mol. The number of nitrogens with zero attached hydrogens (tertiary/aromatic N) is 2. The average molecular weight is 233 g/mol. The molecule has 1 heterocycles. The summed E-state index contributed by atoms with van der Waals surface area (Å²) in [4.78, 5) is 16.9. The molecule has 0 aliphatic rings. The number of aromatic nitrogens is 1. The first-order chi connectivity index (χ1) is 8.08. The summed E-state index contributed by atoms with van der Waals surface area (Å²) in [6.45, 7) is 0. The number of hydrogen-bond acceptors (Lipinski definition) is 2. The van der Waals surface area contributed by atoms with Gasteiger partial charge in [-0.15, -0.1) is 0 Å². The number of fused-ring (bicyclic) bond motifs is 1. The molecule has 0 unspecified atom stereocenters. The van der Waals surface area contributed by atoms with E-state index >= 15 is 0 Å². The summed E-state index contributed by atoms with van der Waals surface area (Å²) in [5.74, 6) is -0.403. The van der Waals surface area contributed by atoms with E-state index in [0.29, 0.717) is 11.1 Å². The quantitative estimate of drug-likeness (QED) is 0.822. The minimum Gasteiger partial charge on any atom is -0.331 e. The summed E-state index contributed by atoms with van der Waals surface area (Å²) in [5, 5.41) is 4.06. The second-order valence-electron chi connectivity index (χ2n) is 3.87. The van der Waals surface area contributed by atoms with E-state index in [9.17, 15) is 9.18 Å². The summed E-state index contributed by atoms with van der Waals surface area (Å²) < 4.78 is 13.4. The smallest absolute Gasteiger partial charge is 0.321 e. The topological polar surface area (TPSA) is 45.2 Å². The summed E-state index contributed by atoms with van der Waals surface area (Å²) in [5.41, 5.74) is 0.445. The molecule has 0 aliphatic heterocycles. The summed E-state index contributed by atoms with van der Waals surface area (Å²) in [7, 11) is 3.25. The molecule has 5 heteroatoms.